The lowest BCUT2D eigenvalue weighted by molar-refractivity contribution is -0.984. The summed E-state index contributed by atoms with van der Waals surface area (Å²) in [6, 6.07) is 27.7. The van der Waals surface area contributed by atoms with E-state index in [1.54, 1.807) is 24.4 Å². The molecule has 0 unspecified atom stereocenters. The van der Waals surface area contributed by atoms with Crippen molar-refractivity contribution in [1.82, 2.24) is 4.98 Å². The van der Waals surface area contributed by atoms with Crippen molar-refractivity contribution in [2.45, 2.75) is 31.5 Å². The van der Waals surface area contributed by atoms with Crippen LogP contribution in [0, 0.1) is 29.3 Å². The van der Waals surface area contributed by atoms with Crippen LogP contribution in [0.3, 0.4) is 0 Å². The second-order valence-electron chi connectivity index (χ2n) is 13.2. The SMILES string of the molecule is C=C[C@H]1C[N@+]2(Cc3cc(F)c(F)c(F)c3)CC[C@H]1C[C@@H]2[C@@H](Oc1cc2ccccc2c2ccccc12)c1ccnc2ccc(O)cc12. The summed E-state index contributed by atoms with van der Waals surface area (Å²) in [6.45, 7) is 5.94. The topological polar surface area (TPSA) is 42.4 Å². The highest BCUT2D eigenvalue weighted by Crippen LogP contribution is 2.50. The zero-order valence-corrected chi connectivity index (χ0v) is 25.8. The summed E-state index contributed by atoms with van der Waals surface area (Å²) < 4.78 is 51.0. The zero-order valence-electron chi connectivity index (χ0n) is 25.8. The van der Waals surface area contributed by atoms with E-state index < -0.39 is 23.6 Å². The van der Waals surface area contributed by atoms with Crippen molar-refractivity contribution in [2.75, 3.05) is 13.1 Å². The summed E-state index contributed by atoms with van der Waals surface area (Å²) in [7, 11) is 0. The molecule has 236 valence electrons. The average Bonchev–Trinajstić information content (AvgIpc) is 3.09. The number of phenols is 1. The molecule has 0 amide bonds. The molecule has 9 rings (SSSR count). The molecule has 4 heterocycles. The van der Waals surface area contributed by atoms with E-state index in [-0.39, 0.29) is 17.7 Å². The largest absolute Gasteiger partial charge is 0.508 e. The summed E-state index contributed by atoms with van der Waals surface area (Å²) in [4.78, 5) is 4.59. The molecule has 3 fully saturated rings. The number of ether oxygens (including phenoxy) is 1. The molecule has 4 nitrogen and oxygen atoms in total. The van der Waals surface area contributed by atoms with E-state index >= 15 is 0 Å². The van der Waals surface area contributed by atoms with Crippen LogP contribution in [0.5, 0.6) is 11.5 Å². The molecule has 2 bridgehead atoms. The fourth-order valence-corrected chi connectivity index (χ4v) is 8.43. The first kappa shape index (κ1) is 29.5. The molecule has 1 N–H and O–H groups in total. The Labute approximate surface area is 270 Å². The minimum Gasteiger partial charge on any atom is -0.508 e. The predicted molar refractivity (Wildman–Crippen MR) is 178 cm³/mol. The molecule has 6 aromatic rings. The van der Waals surface area contributed by atoms with E-state index in [9.17, 15) is 18.3 Å². The molecule has 0 radical (unpaired) electrons. The molecule has 1 aromatic heterocycles. The van der Waals surface area contributed by atoms with Crippen molar-refractivity contribution in [1.29, 1.82) is 0 Å². The van der Waals surface area contributed by atoms with Crippen LogP contribution in [-0.2, 0) is 6.54 Å². The Kier molecular flexibility index (Phi) is 7.17. The van der Waals surface area contributed by atoms with Crippen LogP contribution in [0.1, 0.15) is 30.1 Å². The fourth-order valence-electron chi connectivity index (χ4n) is 8.43. The summed E-state index contributed by atoms with van der Waals surface area (Å²) in [5.41, 5.74) is 2.01. The molecule has 0 saturated carbocycles. The van der Waals surface area contributed by atoms with E-state index in [0.717, 1.165) is 75.3 Å². The maximum atomic E-state index is 14.6. The first-order chi connectivity index (χ1) is 22.8. The van der Waals surface area contributed by atoms with E-state index in [1.165, 1.54) is 0 Å². The second kappa shape index (κ2) is 11.4. The van der Waals surface area contributed by atoms with Gasteiger partial charge in [-0.05, 0) is 64.5 Å². The lowest BCUT2D eigenvalue weighted by Crippen LogP contribution is -2.68. The van der Waals surface area contributed by atoms with Gasteiger partial charge < -0.3 is 14.3 Å². The van der Waals surface area contributed by atoms with Crippen molar-refractivity contribution in [3.05, 3.63) is 138 Å². The highest BCUT2D eigenvalue weighted by molar-refractivity contribution is 6.10. The molecular weight excluding hydrogens is 597 g/mol. The van der Waals surface area contributed by atoms with Crippen LogP contribution in [0.2, 0.25) is 0 Å². The number of halogens is 3. The molecule has 5 aromatic carbocycles. The molecule has 3 aliphatic heterocycles. The Bertz CT molecular complexity index is 2160. The number of hydrogen-bond donors (Lipinski definition) is 1. The molecule has 5 atom stereocenters. The van der Waals surface area contributed by atoms with Crippen LogP contribution in [0.4, 0.5) is 13.2 Å². The Morgan fingerprint density at radius 1 is 0.894 bits per heavy atom. The van der Waals surface area contributed by atoms with Gasteiger partial charge in [-0.3, -0.25) is 4.98 Å². The van der Waals surface area contributed by atoms with Crippen LogP contribution in [0.15, 0.2) is 110 Å². The first-order valence-electron chi connectivity index (χ1n) is 16.1. The van der Waals surface area contributed by atoms with Gasteiger partial charge in [0.2, 0.25) is 0 Å². The van der Waals surface area contributed by atoms with Gasteiger partial charge in [-0.15, -0.1) is 6.58 Å². The minimum absolute atomic E-state index is 0.125. The monoisotopic (exact) mass is 631 g/mol. The number of benzene rings is 5. The molecule has 0 aliphatic carbocycles. The smallest absolute Gasteiger partial charge is 0.194 e. The summed E-state index contributed by atoms with van der Waals surface area (Å²) in [5.74, 6) is -2.40. The van der Waals surface area contributed by atoms with Gasteiger partial charge in [0, 0.05) is 46.9 Å². The lowest BCUT2D eigenvalue weighted by atomic mass is 9.71. The number of nitrogens with zero attached hydrogens (tertiary/aromatic N) is 2. The number of fused-ring (bicyclic) bond motifs is 7. The number of quaternary nitrogens is 1. The van der Waals surface area contributed by atoms with Crippen molar-refractivity contribution >= 4 is 32.4 Å². The highest BCUT2D eigenvalue weighted by atomic mass is 19.2. The normalized spacial score (nSPS) is 22.9. The summed E-state index contributed by atoms with van der Waals surface area (Å²) in [5, 5.41) is 15.6. The molecule has 3 saturated heterocycles. The number of hydrogen-bond acceptors (Lipinski definition) is 3. The Morgan fingerprint density at radius 3 is 2.43 bits per heavy atom. The molecule has 0 spiro atoms. The van der Waals surface area contributed by atoms with Gasteiger partial charge in [0.05, 0.1) is 18.6 Å². The third kappa shape index (κ3) is 5.01. The van der Waals surface area contributed by atoms with Crippen molar-refractivity contribution in [2.24, 2.45) is 11.8 Å². The van der Waals surface area contributed by atoms with Gasteiger partial charge in [-0.25, -0.2) is 13.2 Å². The summed E-state index contributed by atoms with van der Waals surface area (Å²) in [6.07, 6.45) is 4.98. The van der Waals surface area contributed by atoms with E-state index in [4.69, 9.17) is 4.74 Å². The Hall–Kier alpha value is -4.88. The van der Waals surface area contributed by atoms with Gasteiger partial charge in [0.25, 0.3) is 0 Å². The van der Waals surface area contributed by atoms with Crippen LogP contribution >= 0.6 is 0 Å². The standard InChI is InChI=1S/C40H33F3N2O2/c1-2-25-23-45(22-24-17-34(41)39(43)35(42)18-24)16-14-26(25)19-37(45)40(32-13-15-44-36-12-11-28(46)21-33(32)36)47-38-20-27-7-3-4-8-29(27)30-9-5-6-10-31(30)38/h2-13,15,17-18,20-21,25-26,37,40H,1,14,16,19,22-23H2/p+1/t25-,26-,37+,40-,45+/m0/s1. The van der Waals surface area contributed by atoms with Crippen molar-refractivity contribution < 1.29 is 27.5 Å². The van der Waals surface area contributed by atoms with Crippen molar-refractivity contribution in [3.8, 4) is 11.5 Å². The zero-order chi connectivity index (χ0) is 32.3. The maximum Gasteiger partial charge on any atom is 0.194 e. The van der Waals surface area contributed by atoms with Gasteiger partial charge in [-0.2, -0.15) is 0 Å². The number of phenolic OH excluding ortho intramolecular Hbond substituents is 1. The number of aromatic hydroxyl groups is 1. The highest BCUT2D eigenvalue weighted by Gasteiger charge is 2.55. The Balaban J connectivity index is 1.34. The van der Waals surface area contributed by atoms with E-state index in [1.807, 2.05) is 36.4 Å². The lowest BCUT2D eigenvalue weighted by Gasteiger charge is -2.58. The quantitative estimate of drug-likeness (QED) is 0.0826. The van der Waals surface area contributed by atoms with Gasteiger partial charge in [-0.1, -0.05) is 54.6 Å². The van der Waals surface area contributed by atoms with E-state index in [2.05, 4.69) is 41.9 Å². The van der Waals surface area contributed by atoms with Crippen LogP contribution in [-0.4, -0.2) is 33.7 Å². The second-order valence-corrected chi connectivity index (χ2v) is 13.2. The van der Waals surface area contributed by atoms with Crippen LogP contribution in [0.25, 0.3) is 32.4 Å². The molecule has 7 heteroatoms. The van der Waals surface area contributed by atoms with Crippen LogP contribution < -0.4 is 4.74 Å². The summed E-state index contributed by atoms with van der Waals surface area (Å²) >= 11 is 0. The van der Waals surface area contributed by atoms with Gasteiger partial charge in [0.1, 0.15) is 24.1 Å². The maximum absolute atomic E-state index is 14.6. The third-order valence-corrected chi connectivity index (χ3v) is 10.6. The van der Waals surface area contributed by atoms with E-state index in [0.29, 0.717) is 29.1 Å². The van der Waals surface area contributed by atoms with Crippen molar-refractivity contribution in [3.63, 3.8) is 0 Å². The Morgan fingerprint density at radius 2 is 1.64 bits per heavy atom. The van der Waals surface area contributed by atoms with Gasteiger partial charge >= 0.3 is 0 Å². The average molecular weight is 632 g/mol. The molecular formula is C40H34F3N2O2+. The molecule has 3 aliphatic rings. The predicted octanol–water partition coefficient (Wildman–Crippen LogP) is 9.40. The fraction of sp³-hybridized carbons (Fsp3) is 0.225. The number of piperidine rings is 3. The molecule has 47 heavy (non-hydrogen) atoms. The third-order valence-electron chi connectivity index (χ3n) is 10.6. The number of aromatic nitrogens is 1. The number of pyridine rings is 1. The number of rotatable bonds is 7. The van der Waals surface area contributed by atoms with Gasteiger partial charge in [0.15, 0.2) is 23.6 Å². The minimum atomic E-state index is -1.46. The first-order valence-corrected chi connectivity index (χ1v) is 16.1.